The Labute approximate surface area is 539 Å². The average molecular weight is 1190 g/mol. The van der Waals surface area contributed by atoms with Crippen molar-refractivity contribution in [1.29, 1.82) is 0 Å². The van der Waals surface area contributed by atoms with E-state index in [0.29, 0.717) is 0 Å². The molecule has 18 rings (SSSR count). The normalized spacial score (nSPS) is 11.6. The minimum absolute atomic E-state index is 1.07. The van der Waals surface area contributed by atoms with Crippen LogP contribution in [0, 0.1) is 6.92 Å². The molecule has 13 aromatic carbocycles. The second-order valence-electron chi connectivity index (χ2n) is 23.7. The Hall–Kier alpha value is -12.4. The number of benzene rings is 13. The maximum atomic E-state index is 3.00. The molecule has 0 aliphatic rings. The number of hydrogen-bond acceptors (Lipinski definition) is 1. The summed E-state index contributed by atoms with van der Waals surface area (Å²) in [6, 6.07) is 122. The van der Waals surface area contributed by atoms with Crippen molar-refractivity contribution in [3.8, 4) is 61.8 Å². The van der Waals surface area contributed by atoms with Gasteiger partial charge in [-0.1, -0.05) is 194 Å². The van der Waals surface area contributed by atoms with Gasteiger partial charge in [0, 0.05) is 83.1 Å². The number of para-hydroxylation sites is 7. The van der Waals surface area contributed by atoms with E-state index < -0.39 is 0 Å². The molecule has 0 unspecified atom stereocenters. The molecule has 0 aliphatic carbocycles. The molecule has 0 bridgehead atoms. The summed E-state index contributed by atoms with van der Waals surface area (Å²) in [7, 11) is 0. The molecule has 6 heteroatoms. The first-order chi connectivity index (χ1) is 46.1. The van der Waals surface area contributed by atoms with Gasteiger partial charge in [-0.25, -0.2) is 0 Å². The van der Waals surface area contributed by atoms with Gasteiger partial charge in [-0.15, -0.1) is 13.2 Å². The highest BCUT2D eigenvalue weighted by Gasteiger charge is 2.28. The first-order valence-electron chi connectivity index (χ1n) is 31.8. The van der Waals surface area contributed by atoms with Gasteiger partial charge < -0.3 is 0 Å². The number of aromatic nitrogens is 5. The second-order valence-corrected chi connectivity index (χ2v) is 23.7. The van der Waals surface area contributed by atoms with Gasteiger partial charge in [0.1, 0.15) is 17.1 Å². The van der Waals surface area contributed by atoms with Gasteiger partial charge in [-0.3, -0.25) is 27.7 Å². The highest BCUT2D eigenvalue weighted by atomic mass is 15.3. The molecule has 5 aromatic heterocycles. The lowest BCUT2D eigenvalue weighted by molar-refractivity contribution is 1.06. The smallest absolute Gasteiger partial charge is 0.131 e. The predicted octanol–water partition coefficient (Wildman–Crippen LogP) is 23.3. The van der Waals surface area contributed by atoms with Crippen LogP contribution in [0.25, 0.3) is 138 Å². The quantitative estimate of drug-likeness (QED) is 0.119. The Kier molecular flexibility index (Phi) is 13.3. The van der Waals surface area contributed by atoms with E-state index in [2.05, 4.69) is 381 Å². The molecule has 0 spiro atoms. The molecule has 0 saturated carbocycles. The molecule has 0 amide bonds. The fourth-order valence-corrected chi connectivity index (χ4v) is 14.6. The topological polar surface area (TPSA) is 27.9 Å². The average Bonchev–Trinajstić information content (AvgIpc) is 1.55. The fraction of sp³-hybridized carbons (Fsp3) is 0.0115. The molecule has 93 heavy (non-hydrogen) atoms. The second kappa shape index (κ2) is 22.6. The van der Waals surface area contributed by atoms with Crippen LogP contribution >= 0.6 is 0 Å². The third kappa shape index (κ3) is 8.86. The van der Waals surface area contributed by atoms with E-state index in [1.165, 1.54) is 59.9 Å². The Morgan fingerprint density at radius 3 is 0.882 bits per heavy atom. The predicted molar refractivity (Wildman–Crippen MR) is 393 cm³/mol. The van der Waals surface area contributed by atoms with E-state index in [1.807, 2.05) is 0 Å². The molecule has 440 valence electrons. The summed E-state index contributed by atoms with van der Waals surface area (Å²) in [6.45, 7) is 8.25. The van der Waals surface area contributed by atoms with Gasteiger partial charge in [0.05, 0.1) is 27.6 Å². The van der Waals surface area contributed by atoms with Crippen LogP contribution in [0.5, 0.6) is 0 Å². The maximum Gasteiger partial charge on any atom is 0.131 e. The van der Waals surface area contributed by atoms with E-state index >= 15 is 0 Å². The van der Waals surface area contributed by atoms with Crippen molar-refractivity contribution < 1.29 is 0 Å². The molecular weight excluding hydrogens is 1130 g/mol. The summed E-state index contributed by atoms with van der Waals surface area (Å²) < 4.78 is 12.3. The zero-order chi connectivity index (χ0) is 62.1. The largest absolute Gasteiger partial charge is 0.296 e. The van der Waals surface area contributed by atoms with Crippen LogP contribution in [-0.4, -0.2) is 22.8 Å². The van der Waals surface area contributed by atoms with Crippen molar-refractivity contribution in [2.75, 3.05) is 4.90 Å². The number of nitrogens with zero attached hydrogens (tertiary/aromatic N) is 6. The molecule has 0 aliphatic heterocycles. The molecule has 18 aromatic rings. The van der Waals surface area contributed by atoms with Crippen molar-refractivity contribution in [3.05, 3.63) is 352 Å². The Morgan fingerprint density at radius 2 is 0.505 bits per heavy atom. The SMILES string of the molecule is C=C.Cc1c(N(c2ccccc2)c2ccc(-c3ccc4c(c3)c3c5cc(-c6ccc7c(c6)c6c8cc(-c9ccccc9)ccc8n(-c8ccccc8)c6n7-c6ccccc6)ccc5n(-c5ccccc5)c3n4-c3ccccc3)cc2)n(-c2ccccc2)c2ccccc12. The summed E-state index contributed by atoms with van der Waals surface area (Å²) in [5, 5.41) is 8.44. The summed E-state index contributed by atoms with van der Waals surface area (Å²) in [4.78, 5) is 2.42. The van der Waals surface area contributed by atoms with Crippen LogP contribution in [0.3, 0.4) is 0 Å². The molecule has 0 radical (unpaired) electrons. The molecule has 0 fully saturated rings. The van der Waals surface area contributed by atoms with Gasteiger partial charge in [-0.2, -0.15) is 0 Å². The first kappa shape index (κ1) is 54.7. The van der Waals surface area contributed by atoms with Crippen molar-refractivity contribution in [3.63, 3.8) is 0 Å². The monoisotopic (exact) mass is 1190 g/mol. The lowest BCUT2D eigenvalue weighted by atomic mass is 9.98. The zero-order valence-electron chi connectivity index (χ0n) is 51.4. The van der Waals surface area contributed by atoms with Crippen molar-refractivity contribution in [2.24, 2.45) is 0 Å². The van der Waals surface area contributed by atoms with E-state index in [-0.39, 0.29) is 0 Å². The van der Waals surface area contributed by atoms with Crippen LogP contribution in [0.4, 0.5) is 17.2 Å². The van der Waals surface area contributed by atoms with E-state index in [4.69, 9.17) is 0 Å². The van der Waals surface area contributed by atoms with Gasteiger partial charge in [0.25, 0.3) is 0 Å². The Morgan fingerprint density at radius 1 is 0.237 bits per heavy atom. The number of aryl methyl sites for hydroxylation is 1. The third-order valence-corrected chi connectivity index (χ3v) is 18.6. The highest BCUT2D eigenvalue weighted by molar-refractivity contribution is 6.25. The fourth-order valence-electron chi connectivity index (χ4n) is 14.6. The number of anilines is 3. The lowest BCUT2D eigenvalue weighted by Gasteiger charge is -2.28. The molecule has 5 heterocycles. The maximum absolute atomic E-state index is 3.00. The van der Waals surface area contributed by atoms with Crippen LogP contribution in [0.2, 0.25) is 0 Å². The molecule has 0 atom stereocenters. The van der Waals surface area contributed by atoms with Gasteiger partial charge in [-0.05, 0) is 180 Å². The van der Waals surface area contributed by atoms with E-state index in [9.17, 15) is 0 Å². The van der Waals surface area contributed by atoms with E-state index in [1.54, 1.807) is 0 Å². The van der Waals surface area contributed by atoms with Crippen LogP contribution in [0.15, 0.2) is 347 Å². The van der Waals surface area contributed by atoms with Crippen molar-refractivity contribution in [2.45, 2.75) is 6.92 Å². The summed E-state index contributed by atoms with van der Waals surface area (Å²) in [5.74, 6) is 1.11. The molecular formula is C87H62N6. The molecule has 0 saturated heterocycles. The lowest BCUT2D eigenvalue weighted by Crippen LogP contribution is -2.15. The number of fused-ring (bicyclic) bond motifs is 11. The zero-order valence-corrected chi connectivity index (χ0v) is 51.4. The number of rotatable bonds is 11. The Bertz CT molecular complexity index is 5800. The van der Waals surface area contributed by atoms with Crippen molar-refractivity contribution in [1.82, 2.24) is 22.8 Å². The summed E-state index contributed by atoms with van der Waals surface area (Å²) >= 11 is 0. The van der Waals surface area contributed by atoms with Crippen LogP contribution < -0.4 is 4.90 Å². The van der Waals surface area contributed by atoms with Crippen molar-refractivity contribution >= 4 is 93.8 Å². The van der Waals surface area contributed by atoms with E-state index in [0.717, 1.165) is 101 Å². The van der Waals surface area contributed by atoms with Gasteiger partial charge >= 0.3 is 0 Å². The molecule has 6 nitrogen and oxygen atoms in total. The summed E-state index contributed by atoms with van der Waals surface area (Å²) in [5.41, 5.74) is 23.9. The van der Waals surface area contributed by atoms with Crippen LogP contribution in [-0.2, 0) is 0 Å². The first-order valence-corrected chi connectivity index (χ1v) is 31.8. The molecule has 0 N–H and O–H groups in total. The van der Waals surface area contributed by atoms with Crippen LogP contribution in [0.1, 0.15) is 5.56 Å². The highest BCUT2D eigenvalue weighted by Crippen LogP contribution is 2.48. The van der Waals surface area contributed by atoms with Gasteiger partial charge in [0.2, 0.25) is 0 Å². The Balaban J connectivity index is 0.00000327. The number of hydrogen-bond donors (Lipinski definition) is 0. The minimum atomic E-state index is 1.07. The minimum Gasteiger partial charge on any atom is -0.296 e. The summed E-state index contributed by atoms with van der Waals surface area (Å²) in [6.07, 6.45) is 0. The third-order valence-electron chi connectivity index (χ3n) is 18.6. The standard InChI is InChI=1S/C85H58N6.C2H4/c1-57-71-39-23-24-40-76(71)87(65-29-13-4-14-30-65)83(57)86(64-27-11-3-12-28-64)70-47-41-59(42-48-70)61-44-50-78-73(54-61)82-75-56-63(46-52-80(75)91(69-37-21-8-22-38-69)85(82)89(78)67-33-17-6-18-34-67)62-45-51-79-74(55-62)81-72-53-60(58-25-9-2-10-26-58)43-49-77(72)88(66-31-15-5-16-32-66)84(81)90(79)68-35-19-7-20-36-68;1-2/h2-56H,1H3;1-2H2. The van der Waals surface area contributed by atoms with Gasteiger partial charge in [0.15, 0.2) is 0 Å².